The lowest BCUT2D eigenvalue weighted by molar-refractivity contribution is 0.589. The Balaban J connectivity index is 2.53. The van der Waals surface area contributed by atoms with Crippen molar-refractivity contribution >= 4 is 15.9 Å². The zero-order valence-corrected chi connectivity index (χ0v) is 11.3. The van der Waals surface area contributed by atoms with Crippen molar-refractivity contribution in [1.82, 2.24) is 9.78 Å². The van der Waals surface area contributed by atoms with Crippen LogP contribution in [-0.4, -0.2) is 9.78 Å². The molecule has 0 spiro atoms. The molecule has 0 radical (unpaired) electrons. The van der Waals surface area contributed by atoms with Crippen molar-refractivity contribution in [2.24, 2.45) is 0 Å². The van der Waals surface area contributed by atoms with Crippen LogP contribution in [0, 0.1) is 0 Å². The molecule has 84 valence electrons. The fraction of sp³-hybridized carbons (Fsp3) is 0.308. The van der Waals surface area contributed by atoms with Crippen LogP contribution in [0.4, 0.5) is 0 Å². The maximum atomic E-state index is 4.25. The molecular formula is C13H15BrN2. The third-order valence-electron chi connectivity index (χ3n) is 2.52. The number of hydrogen-bond donors (Lipinski definition) is 0. The summed E-state index contributed by atoms with van der Waals surface area (Å²) in [5.74, 6) is 0. The van der Waals surface area contributed by atoms with Gasteiger partial charge in [0.05, 0.1) is 5.69 Å². The highest BCUT2D eigenvalue weighted by Crippen LogP contribution is 2.27. The van der Waals surface area contributed by atoms with Gasteiger partial charge in [0.1, 0.15) is 0 Å². The van der Waals surface area contributed by atoms with Gasteiger partial charge in [-0.15, -0.1) is 0 Å². The van der Waals surface area contributed by atoms with Crippen molar-refractivity contribution in [2.45, 2.75) is 26.2 Å². The summed E-state index contributed by atoms with van der Waals surface area (Å²) in [4.78, 5) is 0. The van der Waals surface area contributed by atoms with E-state index in [2.05, 4.69) is 60.0 Å². The molecule has 1 heterocycles. The first-order chi connectivity index (χ1) is 7.47. The molecule has 0 atom stereocenters. The molecule has 2 rings (SSSR count). The quantitative estimate of drug-likeness (QED) is 0.773. The monoisotopic (exact) mass is 278 g/mol. The van der Waals surface area contributed by atoms with Gasteiger partial charge in [-0.3, -0.25) is 0 Å². The van der Waals surface area contributed by atoms with Crippen LogP contribution in [-0.2, 0) is 5.41 Å². The van der Waals surface area contributed by atoms with Crippen LogP contribution in [0.1, 0.15) is 26.3 Å². The van der Waals surface area contributed by atoms with Crippen LogP contribution in [0.25, 0.3) is 5.69 Å². The van der Waals surface area contributed by atoms with Crippen LogP contribution >= 0.6 is 15.9 Å². The van der Waals surface area contributed by atoms with Gasteiger partial charge in [-0.25, -0.2) is 4.68 Å². The van der Waals surface area contributed by atoms with Crippen LogP contribution in [0.15, 0.2) is 41.1 Å². The predicted octanol–water partition coefficient (Wildman–Crippen LogP) is 3.93. The number of benzene rings is 1. The zero-order chi connectivity index (χ0) is 11.8. The maximum absolute atomic E-state index is 4.25. The topological polar surface area (TPSA) is 17.8 Å². The van der Waals surface area contributed by atoms with Crippen molar-refractivity contribution in [3.8, 4) is 5.69 Å². The molecule has 1 aromatic heterocycles. The Morgan fingerprint density at radius 1 is 1.19 bits per heavy atom. The lowest BCUT2D eigenvalue weighted by Crippen LogP contribution is -2.12. The van der Waals surface area contributed by atoms with Crippen molar-refractivity contribution in [3.63, 3.8) is 0 Å². The molecule has 16 heavy (non-hydrogen) atoms. The molecule has 0 bridgehead atoms. The second kappa shape index (κ2) is 4.06. The fourth-order valence-corrected chi connectivity index (χ4v) is 2.04. The van der Waals surface area contributed by atoms with Gasteiger partial charge in [-0.2, -0.15) is 5.10 Å². The van der Waals surface area contributed by atoms with E-state index in [1.54, 1.807) is 6.20 Å². The smallest absolute Gasteiger partial charge is 0.0659 e. The summed E-state index contributed by atoms with van der Waals surface area (Å²) in [6, 6.07) is 8.34. The molecule has 0 saturated carbocycles. The van der Waals surface area contributed by atoms with Crippen molar-refractivity contribution < 1.29 is 0 Å². The lowest BCUT2D eigenvalue weighted by atomic mass is 9.87. The van der Waals surface area contributed by atoms with E-state index in [1.807, 2.05) is 16.9 Å². The third-order valence-corrected chi connectivity index (χ3v) is 2.98. The standard InChI is InChI=1S/C13H15BrN2/c1-13(2,3)10-7-11(14)9-12(8-10)16-6-4-5-15-16/h4-9H,1-3H3. The molecule has 0 fully saturated rings. The number of hydrogen-bond acceptors (Lipinski definition) is 1. The first kappa shape index (κ1) is 11.4. The minimum Gasteiger partial charge on any atom is -0.241 e. The first-order valence-corrected chi connectivity index (χ1v) is 6.07. The van der Waals surface area contributed by atoms with E-state index in [1.165, 1.54) is 5.56 Å². The van der Waals surface area contributed by atoms with E-state index in [4.69, 9.17) is 0 Å². The summed E-state index contributed by atoms with van der Waals surface area (Å²) in [6.07, 6.45) is 3.74. The van der Waals surface area contributed by atoms with E-state index >= 15 is 0 Å². The molecule has 0 aliphatic carbocycles. The summed E-state index contributed by atoms with van der Waals surface area (Å²) in [5.41, 5.74) is 2.53. The molecule has 0 amide bonds. The molecule has 0 unspecified atom stereocenters. The molecule has 3 heteroatoms. The minimum absolute atomic E-state index is 0.145. The van der Waals surface area contributed by atoms with Gasteiger partial charge in [0.25, 0.3) is 0 Å². The highest BCUT2D eigenvalue weighted by Gasteiger charge is 2.15. The van der Waals surface area contributed by atoms with Gasteiger partial charge >= 0.3 is 0 Å². The minimum atomic E-state index is 0.145. The molecule has 0 saturated heterocycles. The van der Waals surface area contributed by atoms with Crippen LogP contribution in [0.5, 0.6) is 0 Å². The van der Waals surface area contributed by atoms with Crippen LogP contribution < -0.4 is 0 Å². The summed E-state index contributed by atoms with van der Waals surface area (Å²) >= 11 is 3.55. The van der Waals surface area contributed by atoms with E-state index in [-0.39, 0.29) is 5.41 Å². The van der Waals surface area contributed by atoms with Gasteiger partial charge in [0.2, 0.25) is 0 Å². The normalized spacial score (nSPS) is 11.8. The first-order valence-electron chi connectivity index (χ1n) is 5.28. The SMILES string of the molecule is CC(C)(C)c1cc(Br)cc(-n2cccn2)c1. The molecule has 0 aliphatic rings. The average Bonchev–Trinajstić information content (AvgIpc) is 2.68. The van der Waals surface area contributed by atoms with Crippen molar-refractivity contribution in [1.29, 1.82) is 0 Å². The summed E-state index contributed by atoms with van der Waals surface area (Å²) in [6.45, 7) is 6.63. The molecule has 1 aromatic carbocycles. The Labute approximate surface area is 104 Å². The van der Waals surface area contributed by atoms with Crippen molar-refractivity contribution in [3.05, 3.63) is 46.7 Å². The van der Waals surface area contributed by atoms with Crippen LogP contribution in [0.2, 0.25) is 0 Å². The summed E-state index contributed by atoms with van der Waals surface area (Å²) in [7, 11) is 0. The zero-order valence-electron chi connectivity index (χ0n) is 9.74. The van der Waals surface area contributed by atoms with Gasteiger partial charge in [-0.1, -0.05) is 36.7 Å². The maximum Gasteiger partial charge on any atom is 0.0659 e. The Morgan fingerprint density at radius 2 is 1.94 bits per heavy atom. The van der Waals surface area contributed by atoms with E-state index in [0.29, 0.717) is 0 Å². The Kier molecular flexibility index (Phi) is 2.89. The second-order valence-electron chi connectivity index (χ2n) is 4.90. The number of nitrogens with zero attached hydrogens (tertiary/aromatic N) is 2. The van der Waals surface area contributed by atoms with E-state index in [0.717, 1.165) is 10.2 Å². The highest BCUT2D eigenvalue weighted by atomic mass is 79.9. The largest absolute Gasteiger partial charge is 0.241 e. The molecule has 2 aromatic rings. The second-order valence-corrected chi connectivity index (χ2v) is 5.81. The Hall–Kier alpha value is -1.09. The van der Waals surface area contributed by atoms with E-state index in [9.17, 15) is 0 Å². The average molecular weight is 279 g/mol. The van der Waals surface area contributed by atoms with Gasteiger partial charge in [-0.05, 0) is 35.2 Å². The number of aromatic nitrogens is 2. The summed E-state index contributed by atoms with van der Waals surface area (Å²) < 4.78 is 2.96. The number of rotatable bonds is 1. The molecule has 2 nitrogen and oxygen atoms in total. The third kappa shape index (κ3) is 2.35. The van der Waals surface area contributed by atoms with Gasteiger partial charge in [0, 0.05) is 16.9 Å². The number of halogens is 1. The van der Waals surface area contributed by atoms with E-state index < -0.39 is 0 Å². The Bertz CT molecular complexity index is 481. The molecule has 0 aliphatic heterocycles. The van der Waals surface area contributed by atoms with Crippen molar-refractivity contribution in [2.75, 3.05) is 0 Å². The van der Waals surface area contributed by atoms with Gasteiger partial charge < -0.3 is 0 Å². The lowest BCUT2D eigenvalue weighted by Gasteiger charge is -2.20. The summed E-state index contributed by atoms with van der Waals surface area (Å²) in [5, 5.41) is 4.25. The fourth-order valence-electron chi connectivity index (χ4n) is 1.56. The van der Waals surface area contributed by atoms with Crippen LogP contribution in [0.3, 0.4) is 0 Å². The molecular weight excluding hydrogens is 264 g/mol. The Morgan fingerprint density at radius 3 is 2.50 bits per heavy atom. The van der Waals surface area contributed by atoms with Gasteiger partial charge in [0.15, 0.2) is 0 Å². The highest BCUT2D eigenvalue weighted by molar-refractivity contribution is 9.10. The predicted molar refractivity (Wildman–Crippen MR) is 70.0 cm³/mol. The molecule has 0 N–H and O–H groups in total.